The smallest absolute Gasteiger partial charge is 0.189 e. The zero-order valence-corrected chi connectivity index (χ0v) is 10.8. The minimum Gasteiger partial charge on any atom is -0.398 e. The van der Waals surface area contributed by atoms with Crippen LogP contribution in [-0.4, -0.2) is 20.2 Å². The molecule has 5 nitrogen and oxygen atoms in total. The van der Waals surface area contributed by atoms with Gasteiger partial charge in [0, 0.05) is 11.3 Å². The number of nitrogens with zero attached hydrogens (tertiary/aromatic N) is 4. The van der Waals surface area contributed by atoms with E-state index in [0.717, 1.165) is 5.56 Å². The first-order chi connectivity index (χ1) is 9.66. The Labute approximate surface area is 114 Å². The molecule has 20 heavy (non-hydrogen) atoms. The van der Waals surface area contributed by atoms with Gasteiger partial charge in [-0.25, -0.2) is 4.39 Å². The molecule has 0 radical (unpaired) electrons. The van der Waals surface area contributed by atoms with Crippen LogP contribution in [0.1, 0.15) is 5.56 Å². The van der Waals surface area contributed by atoms with Crippen molar-refractivity contribution in [2.75, 3.05) is 5.73 Å². The molecule has 100 valence electrons. The highest BCUT2D eigenvalue weighted by atomic mass is 19.1. The summed E-state index contributed by atoms with van der Waals surface area (Å²) >= 11 is 0. The summed E-state index contributed by atoms with van der Waals surface area (Å²) in [6, 6.07) is 12.0. The maximum Gasteiger partial charge on any atom is 0.189 e. The van der Waals surface area contributed by atoms with Gasteiger partial charge in [-0.1, -0.05) is 18.2 Å². The Morgan fingerprint density at radius 3 is 2.75 bits per heavy atom. The molecule has 0 amide bonds. The van der Waals surface area contributed by atoms with E-state index in [1.165, 1.54) is 10.7 Å². The molecule has 0 atom stereocenters. The third-order valence-corrected chi connectivity index (χ3v) is 3.00. The van der Waals surface area contributed by atoms with E-state index in [0.29, 0.717) is 22.8 Å². The van der Waals surface area contributed by atoms with Gasteiger partial charge in [0.25, 0.3) is 0 Å². The van der Waals surface area contributed by atoms with Crippen molar-refractivity contribution in [3.05, 3.63) is 53.8 Å². The molecule has 0 bridgehead atoms. The molecule has 6 heteroatoms. The van der Waals surface area contributed by atoms with E-state index < -0.39 is 5.82 Å². The van der Waals surface area contributed by atoms with Gasteiger partial charge < -0.3 is 5.73 Å². The number of aryl methyl sites for hydroxylation is 1. The summed E-state index contributed by atoms with van der Waals surface area (Å²) in [5.41, 5.74) is 8.35. The zero-order valence-electron chi connectivity index (χ0n) is 10.8. The first-order valence-electron chi connectivity index (χ1n) is 6.06. The molecule has 0 fully saturated rings. The predicted octanol–water partition coefficient (Wildman–Crippen LogP) is 2.36. The Morgan fingerprint density at radius 1 is 1.15 bits per heavy atom. The van der Waals surface area contributed by atoms with E-state index in [4.69, 9.17) is 5.73 Å². The quantitative estimate of drug-likeness (QED) is 0.725. The summed E-state index contributed by atoms with van der Waals surface area (Å²) in [6.07, 6.45) is 0. The van der Waals surface area contributed by atoms with E-state index in [2.05, 4.69) is 15.5 Å². The zero-order chi connectivity index (χ0) is 14.1. The monoisotopic (exact) mass is 269 g/mol. The first-order valence-corrected chi connectivity index (χ1v) is 6.06. The third kappa shape index (κ3) is 2.01. The molecule has 0 unspecified atom stereocenters. The number of nitrogen functional groups attached to an aromatic ring is 1. The predicted molar refractivity (Wildman–Crippen MR) is 73.7 cm³/mol. The van der Waals surface area contributed by atoms with Crippen molar-refractivity contribution < 1.29 is 4.39 Å². The SMILES string of the molecule is Cc1ccc(F)c(-n2nnnc2-c2ccccc2N)c1. The Hall–Kier alpha value is -2.76. The highest BCUT2D eigenvalue weighted by Gasteiger charge is 2.15. The first kappa shape index (κ1) is 12.3. The largest absolute Gasteiger partial charge is 0.398 e. The third-order valence-electron chi connectivity index (χ3n) is 3.00. The number of hydrogen-bond donors (Lipinski definition) is 1. The highest BCUT2D eigenvalue weighted by molar-refractivity contribution is 5.72. The second-order valence-corrected chi connectivity index (χ2v) is 4.46. The number of tetrazole rings is 1. The molecule has 1 heterocycles. The van der Waals surface area contributed by atoms with Gasteiger partial charge in [-0.05, 0) is 47.2 Å². The van der Waals surface area contributed by atoms with E-state index in [1.807, 2.05) is 19.1 Å². The van der Waals surface area contributed by atoms with E-state index in [1.54, 1.807) is 24.3 Å². The van der Waals surface area contributed by atoms with Crippen LogP contribution in [0.2, 0.25) is 0 Å². The van der Waals surface area contributed by atoms with Crippen LogP contribution >= 0.6 is 0 Å². The number of halogens is 1. The molecular formula is C14H12FN5. The van der Waals surface area contributed by atoms with Gasteiger partial charge in [-0.3, -0.25) is 0 Å². The Bertz CT molecular complexity index is 766. The molecule has 0 aliphatic rings. The van der Waals surface area contributed by atoms with Crippen molar-refractivity contribution in [1.29, 1.82) is 0 Å². The van der Waals surface area contributed by atoms with E-state index >= 15 is 0 Å². The number of aromatic nitrogens is 4. The van der Waals surface area contributed by atoms with Gasteiger partial charge >= 0.3 is 0 Å². The van der Waals surface area contributed by atoms with Gasteiger partial charge in [-0.15, -0.1) is 5.10 Å². The normalized spacial score (nSPS) is 10.7. The molecule has 1 aromatic heterocycles. The van der Waals surface area contributed by atoms with Gasteiger partial charge in [-0.2, -0.15) is 4.68 Å². The van der Waals surface area contributed by atoms with Crippen LogP contribution in [0.3, 0.4) is 0 Å². The second kappa shape index (κ2) is 4.73. The molecule has 0 aliphatic carbocycles. The number of para-hydroxylation sites is 1. The lowest BCUT2D eigenvalue weighted by Gasteiger charge is -2.08. The van der Waals surface area contributed by atoms with E-state index in [-0.39, 0.29) is 0 Å². The van der Waals surface area contributed by atoms with Crippen LogP contribution in [-0.2, 0) is 0 Å². The fraction of sp³-hybridized carbons (Fsp3) is 0.0714. The molecule has 0 saturated carbocycles. The topological polar surface area (TPSA) is 69.6 Å². The maximum atomic E-state index is 14.0. The van der Waals surface area contributed by atoms with Crippen LogP contribution in [0.5, 0.6) is 0 Å². The van der Waals surface area contributed by atoms with Crippen LogP contribution in [0.4, 0.5) is 10.1 Å². The van der Waals surface area contributed by atoms with Crippen molar-refractivity contribution in [1.82, 2.24) is 20.2 Å². The molecule has 2 N–H and O–H groups in total. The Balaban J connectivity index is 2.21. The minimum atomic E-state index is -0.390. The summed E-state index contributed by atoms with van der Waals surface area (Å²) in [7, 11) is 0. The Kier molecular flexibility index (Phi) is 2.90. The van der Waals surface area contributed by atoms with Gasteiger partial charge in [0.1, 0.15) is 11.5 Å². The lowest BCUT2D eigenvalue weighted by molar-refractivity contribution is 0.607. The Morgan fingerprint density at radius 2 is 1.95 bits per heavy atom. The van der Waals surface area contributed by atoms with Crippen molar-refractivity contribution in [3.63, 3.8) is 0 Å². The molecule has 3 aromatic rings. The number of rotatable bonds is 2. The van der Waals surface area contributed by atoms with Crippen molar-refractivity contribution in [3.8, 4) is 17.1 Å². The summed E-state index contributed by atoms with van der Waals surface area (Å²) in [6.45, 7) is 1.88. The molecule has 2 aromatic carbocycles. The standard InChI is InChI=1S/C14H12FN5/c1-9-6-7-11(15)13(8-9)20-14(17-18-19-20)10-4-2-3-5-12(10)16/h2-8H,16H2,1H3. The number of nitrogens with two attached hydrogens (primary N) is 1. The van der Waals surface area contributed by atoms with Gasteiger partial charge in [0.05, 0.1) is 0 Å². The van der Waals surface area contributed by atoms with Crippen molar-refractivity contribution >= 4 is 5.69 Å². The molecular weight excluding hydrogens is 257 g/mol. The highest BCUT2D eigenvalue weighted by Crippen LogP contribution is 2.26. The summed E-state index contributed by atoms with van der Waals surface area (Å²) < 4.78 is 15.3. The number of anilines is 1. The van der Waals surface area contributed by atoms with Crippen molar-refractivity contribution in [2.24, 2.45) is 0 Å². The fourth-order valence-electron chi connectivity index (χ4n) is 2.00. The van der Waals surface area contributed by atoms with E-state index in [9.17, 15) is 4.39 Å². The lowest BCUT2D eigenvalue weighted by atomic mass is 10.1. The molecule has 0 aliphatic heterocycles. The molecule has 0 saturated heterocycles. The average molecular weight is 269 g/mol. The summed E-state index contributed by atoms with van der Waals surface area (Å²) in [5.74, 6) is 0.0197. The number of benzene rings is 2. The fourth-order valence-corrected chi connectivity index (χ4v) is 2.00. The lowest BCUT2D eigenvalue weighted by Crippen LogP contribution is -2.04. The van der Waals surface area contributed by atoms with Gasteiger partial charge in [0.2, 0.25) is 0 Å². The minimum absolute atomic E-state index is 0.299. The second-order valence-electron chi connectivity index (χ2n) is 4.46. The van der Waals surface area contributed by atoms with Crippen molar-refractivity contribution in [2.45, 2.75) is 6.92 Å². The van der Waals surface area contributed by atoms with Gasteiger partial charge in [0.15, 0.2) is 5.82 Å². The average Bonchev–Trinajstić information content (AvgIpc) is 2.91. The maximum absolute atomic E-state index is 14.0. The van der Waals surface area contributed by atoms with Crippen LogP contribution in [0.15, 0.2) is 42.5 Å². The summed E-state index contributed by atoms with van der Waals surface area (Å²) in [5, 5.41) is 11.4. The van der Waals surface area contributed by atoms with Crippen LogP contribution < -0.4 is 5.73 Å². The molecule has 3 rings (SSSR count). The number of hydrogen-bond acceptors (Lipinski definition) is 4. The summed E-state index contributed by atoms with van der Waals surface area (Å²) in [4.78, 5) is 0. The van der Waals surface area contributed by atoms with Crippen LogP contribution in [0, 0.1) is 12.7 Å². The molecule has 0 spiro atoms. The van der Waals surface area contributed by atoms with Crippen LogP contribution in [0.25, 0.3) is 17.1 Å².